The average molecular weight is 837 g/mol. The normalized spacial score (nSPS) is 17.5. The van der Waals surface area contributed by atoms with Crippen molar-refractivity contribution in [2.45, 2.75) is 0 Å². The van der Waals surface area contributed by atoms with E-state index in [1.54, 1.807) is 130 Å². The lowest BCUT2D eigenvalue weighted by atomic mass is 10.1. The van der Waals surface area contributed by atoms with E-state index in [4.69, 9.17) is 10.2 Å². The van der Waals surface area contributed by atoms with Crippen molar-refractivity contribution < 1.29 is 19.8 Å². The van der Waals surface area contributed by atoms with Crippen molar-refractivity contribution in [1.29, 1.82) is 0 Å². The number of hydrogen-bond acceptors (Lipinski definition) is 16. The maximum atomic E-state index is 10.8. The number of carbonyl (C=O) groups is 2. The van der Waals surface area contributed by atoms with Crippen LogP contribution in [0.15, 0.2) is 104 Å². The van der Waals surface area contributed by atoms with E-state index in [-0.39, 0.29) is 0 Å². The standard InChI is InChI=1S/C10H8N2.2C9H8O2S6/c1-5-11-6-2-9(1)10-3-7-12-8-4-10;2*1-12-6-7(13-2)17-9(16-6)8-14-3-4(15-8)5(10)11/h1-8H;2*3H,1-2H3,(H,10,11). The number of aliphatic carboxylic acids is 2. The number of carboxylic acids is 2. The molecule has 2 N–H and O–H groups in total. The molecule has 242 valence electrons. The molecule has 6 rings (SSSR count). The number of carboxylic acid groups (broad SMARTS) is 2. The van der Waals surface area contributed by atoms with Crippen molar-refractivity contribution in [3.05, 3.63) is 104 Å². The van der Waals surface area contributed by atoms with Crippen molar-refractivity contribution in [2.24, 2.45) is 0 Å². The van der Waals surface area contributed by atoms with Gasteiger partial charge >= 0.3 is 11.9 Å². The van der Waals surface area contributed by atoms with Gasteiger partial charge in [-0.2, -0.15) is 0 Å². The molecule has 0 aromatic carbocycles. The van der Waals surface area contributed by atoms with Crippen LogP contribution in [0.2, 0.25) is 0 Å². The molecule has 18 heteroatoms. The number of pyridine rings is 2. The highest BCUT2D eigenvalue weighted by Crippen LogP contribution is 2.63. The van der Waals surface area contributed by atoms with Gasteiger partial charge in [-0.3, -0.25) is 9.97 Å². The van der Waals surface area contributed by atoms with E-state index in [2.05, 4.69) is 35.0 Å². The van der Waals surface area contributed by atoms with Crippen LogP contribution >= 0.6 is 141 Å². The molecule has 2 aromatic rings. The molecule has 2 aromatic heterocycles. The van der Waals surface area contributed by atoms with Gasteiger partial charge in [0.2, 0.25) is 0 Å². The van der Waals surface area contributed by atoms with Crippen molar-refractivity contribution in [3.8, 4) is 11.1 Å². The average Bonchev–Trinajstić information content (AvgIpc) is 3.90. The molecule has 0 spiro atoms. The van der Waals surface area contributed by atoms with Gasteiger partial charge in [-0.1, -0.05) is 94.1 Å². The molecular formula is C28H24N2O4S12. The molecule has 46 heavy (non-hydrogen) atoms. The summed E-state index contributed by atoms with van der Waals surface area (Å²) < 4.78 is 9.86. The van der Waals surface area contributed by atoms with Gasteiger partial charge in [0.25, 0.3) is 0 Å². The minimum atomic E-state index is -0.839. The molecule has 4 aliphatic rings. The molecule has 0 bridgehead atoms. The predicted molar refractivity (Wildman–Crippen MR) is 222 cm³/mol. The van der Waals surface area contributed by atoms with Crippen LogP contribution in [-0.2, 0) is 9.59 Å². The first-order valence-corrected chi connectivity index (χ1v) is 24.0. The zero-order valence-corrected chi connectivity index (χ0v) is 34.1. The van der Waals surface area contributed by atoms with Gasteiger partial charge in [0.1, 0.15) is 9.81 Å². The smallest absolute Gasteiger partial charge is 0.343 e. The number of nitrogens with zero attached hydrogens (tertiary/aromatic N) is 2. The Balaban J connectivity index is 0.000000159. The number of aromatic nitrogens is 2. The quantitative estimate of drug-likeness (QED) is 0.276. The van der Waals surface area contributed by atoms with Crippen molar-refractivity contribution >= 4 is 153 Å². The van der Waals surface area contributed by atoms with Gasteiger partial charge in [-0.25, -0.2) is 9.59 Å². The molecule has 0 saturated heterocycles. The molecule has 6 heterocycles. The second-order valence-electron chi connectivity index (χ2n) is 8.01. The van der Waals surface area contributed by atoms with Crippen molar-refractivity contribution in [3.63, 3.8) is 0 Å². The third kappa shape index (κ3) is 10.9. The maximum Gasteiger partial charge on any atom is 0.343 e. The molecule has 4 aliphatic heterocycles. The molecule has 6 nitrogen and oxygen atoms in total. The largest absolute Gasteiger partial charge is 0.477 e. The fourth-order valence-corrected chi connectivity index (χ4v) is 18.0. The molecule has 0 radical (unpaired) electrons. The molecule has 0 fully saturated rings. The fourth-order valence-electron chi connectivity index (χ4n) is 3.18. The van der Waals surface area contributed by atoms with E-state index in [9.17, 15) is 9.59 Å². The molecular weight excluding hydrogens is 813 g/mol. The summed E-state index contributed by atoms with van der Waals surface area (Å²) in [7, 11) is 0. The van der Waals surface area contributed by atoms with Crippen LogP contribution in [0.3, 0.4) is 0 Å². The topological polar surface area (TPSA) is 100 Å². The lowest BCUT2D eigenvalue weighted by Gasteiger charge is -2.00. The zero-order valence-electron chi connectivity index (χ0n) is 24.3. The van der Waals surface area contributed by atoms with Crippen molar-refractivity contribution in [1.82, 2.24) is 9.97 Å². The monoisotopic (exact) mass is 836 g/mol. The SMILES string of the molecule is CSC1=C(SC)SC(=C2SC=C(C(=O)O)S2)S1.CSC1=C(SC)SC(=C2SC=C(C(=O)O)S2)S1.c1cc(-c2ccncc2)ccn1. The molecule has 0 aliphatic carbocycles. The van der Waals surface area contributed by atoms with Crippen LogP contribution in [0.4, 0.5) is 0 Å². The van der Waals surface area contributed by atoms with Crippen LogP contribution in [-0.4, -0.2) is 57.1 Å². The summed E-state index contributed by atoms with van der Waals surface area (Å²) in [6.45, 7) is 0. The predicted octanol–water partition coefficient (Wildman–Crippen LogP) is 11.8. The first-order valence-electron chi connectivity index (χ1n) is 12.5. The van der Waals surface area contributed by atoms with Crippen LogP contribution in [0, 0.1) is 0 Å². The first-order chi connectivity index (χ1) is 22.3. The summed E-state index contributed by atoms with van der Waals surface area (Å²) >= 11 is 19.7. The Hall–Kier alpha value is -0.120. The van der Waals surface area contributed by atoms with Crippen LogP contribution in [0.25, 0.3) is 11.1 Å². The van der Waals surface area contributed by atoms with Crippen molar-refractivity contribution in [2.75, 3.05) is 25.0 Å². The highest BCUT2D eigenvalue weighted by molar-refractivity contribution is 8.43. The van der Waals surface area contributed by atoms with E-state index in [0.29, 0.717) is 9.81 Å². The molecule has 0 amide bonds. The van der Waals surface area contributed by atoms with Crippen LogP contribution in [0.1, 0.15) is 0 Å². The van der Waals surface area contributed by atoms with E-state index < -0.39 is 11.9 Å². The number of rotatable bonds is 7. The summed E-state index contributed by atoms with van der Waals surface area (Å²) in [6.07, 6.45) is 15.4. The van der Waals surface area contributed by atoms with Gasteiger partial charge < -0.3 is 10.2 Å². The number of hydrogen-bond donors (Lipinski definition) is 2. The minimum absolute atomic E-state index is 0.419. The molecule has 0 saturated carbocycles. The van der Waals surface area contributed by atoms with E-state index >= 15 is 0 Å². The van der Waals surface area contributed by atoms with E-state index in [1.165, 1.54) is 83.6 Å². The third-order valence-corrected chi connectivity index (χ3v) is 21.4. The van der Waals surface area contributed by atoms with Gasteiger partial charge in [-0.15, -0.1) is 47.0 Å². The highest BCUT2D eigenvalue weighted by Gasteiger charge is 2.29. The van der Waals surface area contributed by atoms with Gasteiger partial charge in [0.05, 0.1) is 33.9 Å². The van der Waals surface area contributed by atoms with E-state index in [1.807, 2.05) is 24.3 Å². The Kier molecular flexibility index (Phi) is 16.7. The van der Waals surface area contributed by atoms with Gasteiger partial charge in [0, 0.05) is 24.8 Å². The number of thioether (sulfide) groups is 12. The lowest BCUT2D eigenvalue weighted by molar-refractivity contribution is -0.132. The minimum Gasteiger partial charge on any atom is -0.477 e. The Bertz CT molecular complexity index is 1480. The summed E-state index contributed by atoms with van der Waals surface area (Å²) in [4.78, 5) is 30.4. The zero-order chi connectivity index (χ0) is 33.1. The Morgan fingerprint density at radius 2 is 0.826 bits per heavy atom. The second-order valence-corrected chi connectivity index (χ2v) is 21.3. The molecule has 0 unspecified atom stereocenters. The Morgan fingerprint density at radius 3 is 1.07 bits per heavy atom. The fraction of sp³-hybridized carbons (Fsp3) is 0.143. The van der Waals surface area contributed by atoms with Crippen LogP contribution < -0.4 is 0 Å². The van der Waals surface area contributed by atoms with Gasteiger partial charge in [-0.05, 0) is 71.2 Å². The van der Waals surface area contributed by atoms with Crippen LogP contribution in [0.5, 0.6) is 0 Å². The summed E-state index contributed by atoms with van der Waals surface area (Å²) in [6, 6.07) is 7.93. The Morgan fingerprint density at radius 1 is 0.522 bits per heavy atom. The first kappa shape index (κ1) is 38.7. The summed E-state index contributed by atoms with van der Waals surface area (Å²) in [5.74, 6) is -1.68. The highest BCUT2D eigenvalue weighted by atomic mass is 32.3. The summed E-state index contributed by atoms with van der Waals surface area (Å²) in [5.41, 5.74) is 2.35. The summed E-state index contributed by atoms with van der Waals surface area (Å²) in [5, 5.41) is 21.3. The third-order valence-electron chi connectivity index (χ3n) is 5.22. The Labute approximate surface area is 319 Å². The lowest BCUT2D eigenvalue weighted by Crippen LogP contribution is -1.92. The second kappa shape index (κ2) is 19.9. The van der Waals surface area contributed by atoms with Gasteiger partial charge in [0.15, 0.2) is 0 Å². The van der Waals surface area contributed by atoms with E-state index in [0.717, 1.165) is 8.47 Å². The maximum absolute atomic E-state index is 10.8. The molecule has 0 atom stereocenters.